The summed E-state index contributed by atoms with van der Waals surface area (Å²) >= 11 is 0. The standard InChI is InChI=1S/C19H19N3O5S/c1-12(17-20-16-7-5-4-6-15(16)18(23)21-17)27-19(24)13-8-10-14(11-9-13)28(25,26)22(2)3/h4-12H,1-3H3,(H,20,21,23)/t12-/m0/s1. The number of sulfonamides is 1. The molecule has 0 fully saturated rings. The number of H-pyrrole nitrogens is 1. The maximum Gasteiger partial charge on any atom is 0.338 e. The first-order valence-electron chi connectivity index (χ1n) is 8.42. The number of ether oxygens (including phenoxy) is 1. The second kappa shape index (κ2) is 7.53. The molecule has 0 bridgehead atoms. The van der Waals surface area contributed by atoms with Crippen LogP contribution < -0.4 is 5.56 Å². The maximum absolute atomic E-state index is 12.4. The average molecular weight is 401 g/mol. The van der Waals surface area contributed by atoms with E-state index in [2.05, 4.69) is 9.97 Å². The van der Waals surface area contributed by atoms with Crippen molar-refractivity contribution in [3.8, 4) is 0 Å². The number of esters is 1. The minimum Gasteiger partial charge on any atom is -0.451 e. The van der Waals surface area contributed by atoms with E-state index in [9.17, 15) is 18.0 Å². The largest absolute Gasteiger partial charge is 0.451 e. The van der Waals surface area contributed by atoms with E-state index in [1.54, 1.807) is 31.2 Å². The van der Waals surface area contributed by atoms with Crippen LogP contribution in [0.3, 0.4) is 0 Å². The number of aromatic amines is 1. The van der Waals surface area contributed by atoms with Crippen molar-refractivity contribution in [3.63, 3.8) is 0 Å². The number of hydrogen-bond donors (Lipinski definition) is 1. The van der Waals surface area contributed by atoms with Gasteiger partial charge < -0.3 is 9.72 Å². The molecule has 1 heterocycles. The zero-order valence-electron chi connectivity index (χ0n) is 15.5. The van der Waals surface area contributed by atoms with E-state index in [1.165, 1.54) is 38.4 Å². The van der Waals surface area contributed by atoms with Crippen molar-refractivity contribution in [3.05, 3.63) is 70.3 Å². The molecule has 0 aliphatic heterocycles. The summed E-state index contributed by atoms with van der Waals surface area (Å²) in [5.74, 6) is -0.430. The summed E-state index contributed by atoms with van der Waals surface area (Å²) in [5.41, 5.74) is 0.372. The van der Waals surface area contributed by atoms with Crippen LogP contribution in [-0.4, -0.2) is 42.8 Å². The van der Waals surface area contributed by atoms with Gasteiger partial charge in [-0.15, -0.1) is 0 Å². The number of rotatable bonds is 5. The lowest BCUT2D eigenvalue weighted by Gasteiger charge is -2.14. The summed E-state index contributed by atoms with van der Waals surface area (Å²) in [4.78, 5) is 31.5. The zero-order chi connectivity index (χ0) is 20.5. The zero-order valence-corrected chi connectivity index (χ0v) is 16.4. The summed E-state index contributed by atoms with van der Waals surface area (Å²) in [6, 6.07) is 12.3. The number of carbonyl (C=O) groups excluding carboxylic acids is 1. The van der Waals surface area contributed by atoms with E-state index in [0.29, 0.717) is 10.9 Å². The molecule has 1 aromatic heterocycles. The molecule has 0 saturated carbocycles. The van der Waals surface area contributed by atoms with Gasteiger partial charge in [0.05, 0.1) is 21.4 Å². The third kappa shape index (κ3) is 3.80. The van der Waals surface area contributed by atoms with Crippen molar-refractivity contribution < 1.29 is 17.9 Å². The molecule has 8 nitrogen and oxygen atoms in total. The SMILES string of the molecule is C[C@H](OC(=O)c1ccc(S(=O)(=O)N(C)C)cc1)c1nc2ccccc2c(=O)[nH]1. The van der Waals surface area contributed by atoms with Gasteiger partial charge >= 0.3 is 5.97 Å². The Labute approximate surface area is 161 Å². The molecule has 3 aromatic rings. The van der Waals surface area contributed by atoms with Gasteiger partial charge in [0, 0.05) is 14.1 Å². The van der Waals surface area contributed by atoms with Crippen LogP contribution in [0.1, 0.15) is 29.2 Å². The number of para-hydroxylation sites is 1. The van der Waals surface area contributed by atoms with Crippen molar-refractivity contribution in [2.45, 2.75) is 17.9 Å². The molecule has 1 atom stereocenters. The van der Waals surface area contributed by atoms with Gasteiger partial charge in [-0.1, -0.05) is 12.1 Å². The van der Waals surface area contributed by atoms with Crippen molar-refractivity contribution in [2.75, 3.05) is 14.1 Å². The van der Waals surface area contributed by atoms with Gasteiger partial charge in [0.25, 0.3) is 5.56 Å². The molecule has 1 N–H and O–H groups in total. The Morgan fingerprint density at radius 3 is 2.39 bits per heavy atom. The van der Waals surface area contributed by atoms with E-state index in [4.69, 9.17) is 4.74 Å². The van der Waals surface area contributed by atoms with Crippen molar-refractivity contribution in [2.24, 2.45) is 0 Å². The molecule has 0 unspecified atom stereocenters. The Morgan fingerprint density at radius 2 is 1.75 bits per heavy atom. The first-order chi connectivity index (χ1) is 13.2. The molecule has 0 amide bonds. The molecule has 0 saturated heterocycles. The van der Waals surface area contributed by atoms with E-state index in [-0.39, 0.29) is 21.8 Å². The predicted octanol–water partition coefficient (Wildman–Crippen LogP) is 2.09. The molecule has 0 radical (unpaired) electrons. The van der Waals surface area contributed by atoms with Gasteiger partial charge in [-0.3, -0.25) is 4.79 Å². The minimum absolute atomic E-state index is 0.0719. The molecule has 0 aliphatic rings. The second-order valence-corrected chi connectivity index (χ2v) is 8.48. The van der Waals surface area contributed by atoms with Gasteiger partial charge in [-0.25, -0.2) is 22.5 Å². The number of hydrogen-bond acceptors (Lipinski definition) is 6. The highest BCUT2D eigenvalue weighted by Gasteiger charge is 2.20. The summed E-state index contributed by atoms with van der Waals surface area (Å²) in [6.45, 7) is 1.59. The topological polar surface area (TPSA) is 109 Å². The van der Waals surface area contributed by atoms with Gasteiger partial charge in [0.2, 0.25) is 10.0 Å². The molecular formula is C19H19N3O5S. The number of carbonyl (C=O) groups is 1. The van der Waals surface area contributed by atoms with E-state index < -0.39 is 22.1 Å². The average Bonchev–Trinajstić information content (AvgIpc) is 2.67. The van der Waals surface area contributed by atoms with Gasteiger partial charge in [0.1, 0.15) is 0 Å². The van der Waals surface area contributed by atoms with Crippen LogP contribution in [-0.2, 0) is 14.8 Å². The molecule has 28 heavy (non-hydrogen) atoms. The minimum atomic E-state index is -3.58. The maximum atomic E-state index is 12.4. The van der Waals surface area contributed by atoms with Crippen LogP contribution in [0.25, 0.3) is 10.9 Å². The highest BCUT2D eigenvalue weighted by Crippen LogP contribution is 2.18. The van der Waals surface area contributed by atoms with Crippen LogP contribution in [0.2, 0.25) is 0 Å². The highest BCUT2D eigenvalue weighted by molar-refractivity contribution is 7.89. The Morgan fingerprint density at radius 1 is 1.11 bits per heavy atom. The normalized spacial score (nSPS) is 12.9. The lowest BCUT2D eigenvalue weighted by atomic mass is 10.2. The second-order valence-electron chi connectivity index (χ2n) is 6.33. The number of nitrogens with zero attached hydrogens (tertiary/aromatic N) is 2. The Bertz CT molecular complexity index is 1180. The Balaban J connectivity index is 1.80. The fourth-order valence-electron chi connectivity index (χ4n) is 2.56. The van der Waals surface area contributed by atoms with Crippen LogP contribution in [0.4, 0.5) is 0 Å². The number of nitrogens with one attached hydrogen (secondary N) is 1. The van der Waals surface area contributed by atoms with Crippen molar-refractivity contribution >= 4 is 26.9 Å². The number of fused-ring (bicyclic) bond motifs is 1. The van der Waals surface area contributed by atoms with Crippen molar-refractivity contribution in [1.29, 1.82) is 0 Å². The first kappa shape index (κ1) is 19.7. The lowest BCUT2D eigenvalue weighted by Crippen LogP contribution is -2.22. The fourth-order valence-corrected chi connectivity index (χ4v) is 3.46. The number of benzene rings is 2. The summed E-state index contributed by atoms with van der Waals surface area (Å²) < 4.78 is 30.6. The summed E-state index contributed by atoms with van der Waals surface area (Å²) in [6.07, 6.45) is -0.796. The molecule has 2 aromatic carbocycles. The monoisotopic (exact) mass is 401 g/mol. The van der Waals surface area contributed by atoms with Gasteiger partial charge in [-0.05, 0) is 43.3 Å². The quantitative estimate of drug-likeness (QED) is 0.656. The molecule has 0 aliphatic carbocycles. The van der Waals surface area contributed by atoms with Crippen LogP contribution >= 0.6 is 0 Å². The first-order valence-corrected chi connectivity index (χ1v) is 9.86. The van der Waals surface area contributed by atoms with Gasteiger partial charge in [0.15, 0.2) is 11.9 Å². The van der Waals surface area contributed by atoms with Crippen molar-refractivity contribution in [1.82, 2.24) is 14.3 Å². The molecule has 3 rings (SSSR count). The van der Waals surface area contributed by atoms with Crippen LogP contribution in [0, 0.1) is 0 Å². The Kier molecular flexibility index (Phi) is 5.30. The van der Waals surface area contributed by atoms with E-state index in [0.717, 1.165) is 4.31 Å². The summed E-state index contributed by atoms with van der Waals surface area (Å²) in [7, 11) is -0.725. The van der Waals surface area contributed by atoms with Crippen LogP contribution in [0.5, 0.6) is 0 Å². The summed E-state index contributed by atoms with van der Waals surface area (Å²) in [5, 5.41) is 0.447. The van der Waals surface area contributed by atoms with Gasteiger partial charge in [-0.2, -0.15) is 0 Å². The number of aromatic nitrogens is 2. The molecule has 146 valence electrons. The fraction of sp³-hybridized carbons (Fsp3) is 0.211. The third-order valence-electron chi connectivity index (χ3n) is 4.17. The lowest BCUT2D eigenvalue weighted by molar-refractivity contribution is 0.0320. The molecular weight excluding hydrogens is 382 g/mol. The van der Waals surface area contributed by atoms with E-state index in [1.807, 2.05) is 0 Å². The third-order valence-corrected chi connectivity index (χ3v) is 6.00. The predicted molar refractivity (Wildman–Crippen MR) is 104 cm³/mol. The van der Waals surface area contributed by atoms with E-state index >= 15 is 0 Å². The Hall–Kier alpha value is -3.04. The molecule has 9 heteroatoms. The molecule has 0 spiro atoms. The smallest absolute Gasteiger partial charge is 0.338 e. The highest BCUT2D eigenvalue weighted by atomic mass is 32.2. The van der Waals surface area contributed by atoms with Crippen LogP contribution in [0.15, 0.2) is 58.2 Å².